The van der Waals surface area contributed by atoms with Gasteiger partial charge in [0.1, 0.15) is 11.4 Å². The summed E-state index contributed by atoms with van der Waals surface area (Å²) < 4.78 is 7.15. The number of rotatable bonds is 7. The first-order valence-electron chi connectivity index (χ1n) is 8.66. The van der Waals surface area contributed by atoms with Gasteiger partial charge in [-0.05, 0) is 25.1 Å². The van der Waals surface area contributed by atoms with Crippen molar-refractivity contribution in [1.29, 1.82) is 0 Å². The first-order valence-corrected chi connectivity index (χ1v) is 9.54. The first kappa shape index (κ1) is 20.3. The van der Waals surface area contributed by atoms with E-state index in [2.05, 4.69) is 15.5 Å². The fourth-order valence-electron chi connectivity index (χ4n) is 2.67. The van der Waals surface area contributed by atoms with Gasteiger partial charge in [0.2, 0.25) is 5.91 Å². The van der Waals surface area contributed by atoms with E-state index in [1.807, 2.05) is 24.3 Å². The predicted octanol–water partition coefficient (Wildman–Crippen LogP) is 3.52. The molecule has 0 unspecified atom stereocenters. The standard InChI is InChI=1S/C19H19N5O4S/c1-12(18(25)20-14-9-5-6-10-15(14)24(26)27)29-19-22-21-17(23(19)2)13-8-4-7-11-16(13)28-3/h4-12H,1-3H3,(H,20,25)/t12-/m0/s1. The van der Waals surface area contributed by atoms with Crippen LogP contribution in [0.15, 0.2) is 53.7 Å². The molecule has 0 aliphatic rings. The highest BCUT2D eigenvalue weighted by Crippen LogP contribution is 2.31. The Balaban J connectivity index is 1.76. The number of benzene rings is 2. The van der Waals surface area contributed by atoms with Crippen LogP contribution in [-0.2, 0) is 11.8 Å². The zero-order valence-electron chi connectivity index (χ0n) is 16.0. The molecule has 0 saturated carbocycles. The molecule has 0 aliphatic heterocycles. The number of thioether (sulfide) groups is 1. The summed E-state index contributed by atoms with van der Waals surface area (Å²) in [4.78, 5) is 23.1. The zero-order valence-corrected chi connectivity index (χ0v) is 16.8. The van der Waals surface area contributed by atoms with E-state index >= 15 is 0 Å². The Bertz CT molecular complexity index is 1050. The van der Waals surface area contributed by atoms with Crippen LogP contribution < -0.4 is 10.1 Å². The average molecular weight is 413 g/mol. The molecule has 0 aliphatic carbocycles. The van der Waals surface area contributed by atoms with Gasteiger partial charge in [0.25, 0.3) is 5.69 Å². The van der Waals surface area contributed by atoms with Crippen molar-refractivity contribution < 1.29 is 14.5 Å². The number of anilines is 1. The van der Waals surface area contributed by atoms with Gasteiger partial charge in [-0.15, -0.1) is 10.2 Å². The van der Waals surface area contributed by atoms with Gasteiger partial charge < -0.3 is 14.6 Å². The number of methoxy groups -OCH3 is 1. The lowest BCUT2D eigenvalue weighted by Gasteiger charge is -2.12. The van der Waals surface area contributed by atoms with Gasteiger partial charge in [0.05, 0.1) is 22.8 Å². The maximum Gasteiger partial charge on any atom is 0.292 e. The van der Waals surface area contributed by atoms with Crippen LogP contribution in [-0.4, -0.2) is 38.0 Å². The second-order valence-electron chi connectivity index (χ2n) is 6.09. The molecule has 10 heteroatoms. The number of nitrogens with zero attached hydrogens (tertiary/aromatic N) is 4. The van der Waals surface area contributed by atoms with Crippen LogP contribution in [0.25, 0.3) is 11.4 Å². The molecule has 1 amide bonds. The summed E-state index contributed by atoms with van der Waals surface area (Å²) in [6.07, 6.45) is 0. The van der Waals surface area contributed by atoms with E-state index in [9.17, 15) is 14.9 Å². The van der Waals surface area contributed by atoms with Crippen LogP contribution >= 0.6 is 11.8 Å². The summed E-state index contributed by atoms with van der Waals surface area (Å²) in [5, 5.41) is 22.1. The number of nitro benzene ring substituents is 1. The topological polar surface area (TPSA) is 112 Å². The van der Waals surface area contributed by atoms with Crippen LogP contribution in [0.4, 0.5) is 11.4 Å². The summed E-state index contributed by atoms with van der Waals surface area (Å²) >= 11 is 1.21. The van der Waals surface area contributed by atoms with Gasteiger partial charge >= 0.3 is 0 Å². The third kappa shape index (κ3) is 4.37. The SMILES string of the molecule is COc1ccccc1-c1nnc(S[C@@H](C)C(=O)Nc2ccccc2[N+](=O)[O-])n1C. The van der Waals surface area contributed by atoms with E-state index in [4.69, 9.17) is 4.74 Å². The van der Waals surface area contributed by atoms with Crippen LogP contribution in [0.2, 0.25) is 0 Å². The molecule has 29 heavy (non-hydrogen) atoms. The number of hydrogen-bond donors (Lipinski definition) is 1. The molecular formula is C19H19N5O4S. The van der Waals surface area contributed by atoms with Crippen molar-refractivity contribution in [2.24, 2.45) is 7.05 Å². The number of aromatic nitrogens is 3. The minimum atomic E-state index is -0.553. The summed E-state index contributed by atoms with van der Waals surface area (Å²) in [6.45, 7) is 1.70. The lowest BCUT2D eigenvalue weighted by molar-refractivity contribution is -0.383. The highest BCUT2D eigenvalue weighted by atomic mass is 32.2. The molecule has 1 heterocycles. The molecule has 1 aromatic heterocycles. The molecule has 1 atom stereocenters. The third-order valence-corrected chi connectivity index (χ3v) is 5.33. The highest BCUT2D eigenvalue weighted by Gasteiger charge is 2.22. The minimum Gasteiger partial charge on any atom is -0.496 e. The van der Waals surface area contributed by atoms with Gasteiger partial charge in [-0.25, -0.2) is 0 Å². The van der Waals surface area contributed by atoms with E-state index in [0.29, 0.717) is 16.7 Å². The van der Waals surface area contributed by atoms with Crippen molar-refractivity contribution >= 4 is 29.0 Å². The van der Waals surface area contributed by atoms with E-state index in [1.54, 1.807) is 37.8 Å². The van der Waals surface area contributed by atoms with Crippen molar-refractivity contribution in [1.82, 2.24) is 14.8 Å². The molecule has 2 aromatic carbocycles. The Morgan fingerprint density at radius 3 is 2.62 bits per heavy atom. The normalized spacial score (nSPS) is 11.7. The molecular weight excluding hydrogens is 394 g/mol. The van der Waals surface area contributed by atoms with Gasteiger partial charge in [-0.2, -0.15) is 0 Å². The largest absolute Gasteiger partial charge is 0.496 e. The maximum absolute atomic E-state index is 12.5. The quantitative estimate of drug-likeness (QED) is 0.358. The average Bonchev–Trinajstić information content (AvgIpc) is 3.08. The van der Waals surface area contributed by atoms with E-state index in [1.165, 1.54) is 23.9 Å². The van der Waals surface area contributed by atoms with Gasteiger partial charge in [0, 0.05) is 13.1 Å². The van der Waals surface area contributed by atoms with Crippen molar-refractivity contribution in [3.8, 4) is 17.1 Å². The van der Waals surface area contributed by atoms with Crippen LogP contribution in [0.5, 0.6) is 5.75 Å². The lowest BCUT2D eigenvalue weighted by Crippen LogP contribution is -2.23. The predicted molar refractivity (Wildman–Crippen MR) is 110 cm³/mol. The smallest absolute Gasteiger partial charge is 0.292 e. The number of carbonyl (C=O) groups is 1. The van der Waals surface area contributed by atoms with E-state index in [-0.39, 0.29) is 17.3 Å². The number of ether oxygens (including phenoxy) is 1. The molecule has 150 valence electrons. The minimum absolute atomic E-state index is 0.155. The molecule has 0 radical (unpaired) electrons. The molecule has 1 N–H and O–H groups in total. The number of nitro groups is 1. The first-order chi connectivity index (χ1) is 13.9. The second-order valence-corrected chi connectivity index (χ2v) is 7.40. The van der Waals surface area contributed by atoms with E-state index < -0.39 is 10.2 Å². The molecule has 0 bridgehead atoms. The molecule has 0 spiro atoms. The van der Waals surface area contributed by atoms with E-state index in [0.717, 1.165) is 5.56 Å². The van der Waals surface area contributed by atoms with Gasteiger partial charge in [-0.1, -0.05) is 36.0 Å². The van der Waals surface area contributed by atoms with Crippen LogP contribution in [0.1, 0.15) is 6.92 Å². The van der Waals surface area contributed by atoms with Crippen LogP contribution in [0, 0.1) is 10.1 Å². The van der Waals surface area contributed by atoms with Crippen LogP contribution in [0.3, 0.4) is 0 Å². The molecule has 3 rings (SSSR count). The molecule has 0 fully saturated rings. The fourth-order valence-corrected chi connectivity index (χ4v) is 3.48. The number of hydrogen-bond acceptors (Lipinski definition) is 7. The van der Waals surface area contributed by atoms with Crippen molar-refractivity contribution in [3.05, 3.63) is 58.6 Å². The van der Waals surface area contributed by atoms with Crippen molar-refractivity contribution in [3.63, 3.8) is 0 Å². The number of para-hydroxylation sites is 3. The van der Waals surface area contributed by atoms with Gasteiger partial charge in [-0.3, -0.25) is 14.9 Å². The fraction of sp³-hybridized carbons (Fsp3) is 0.211. The Kier molecular flexibility index (Phi) is 6.13. The Morgan fingerprint density at radius 2 is 1.90 bits per heavy atom. The maximum atomic E-state index is 12.5. The lowest BCUT2D eigenvalue weighted by atomic mass is 10.2. The summed E-state index contributed by atoms with van der Waals surface area (Å²) in [6, 6.07) is 13.5. The summed E-state index contributed by atoms with van der Waals surface area (Å²) in [5.74, 6) is 0.907. The van der Waals surface area contributed by atoms with Gasteiger partial charge in [0.15, 0.2) is 11.0 Å². The molecule has 9 nitrogen and oxygen atoms in total. The Hall–Kier alpha value is -3.40. The number of carbonyl (C=O) groups excluding carboxylic acids is 1. The molecule has 3 aromatic rings. The Morgan fingerprint density at radius 1 is 1.21 bits per heavy atom. The second kappa shape index (κ2) is 8.74. The summed E-state index contributed by atoms with van der Waals surface area (Å²) in [7, 11) is 3.39. The third-order valence-electron chi connectivity index (χ3n) is 4.19. The van der Waals surface area contributed by atoms with Crippen molar-refractivity contribution in [2.45, 2.75) is 17.3 Å². The monoisotopic (exact) mass is 413 g/mol. The number of amides is 1. The Labute approximate surface area is 171 Å². The summed E-state index contributed by atoms with van der Waals surface area (Å²) in [5.41, 5.74) is 0.784. The van der Waals surface area contributed by atoms with Crippen molar-refractivity contribution in [2.75, 3.05) is 12.4 Å². The highest BCUT2D eigenvalue weighted by molar-refractivity contribution is 8.00. The molecule has 0 saturated heterocycles. The zero-order chi connectivity index (χ0) is 21.0. The number of nitrogens with one attached hydrogen (secondary N) is 1.